The minimum absolute atomic E-state index is 0.0139. The number of aliphatic hydroxyl groups excluding tert-OH is 2. The Morgan fingerprint density at radius 1 is 0.400 bits per heavy atom. The molecule has 0 aliphatic heterocycles. The van der Waals surface area contributed by atoms with Crippen molar-refractivity contribution in [1.82, 2.24) is 5.32 Å². The molecular formula is C54H107NO5. The van der Waals surface area contributed by atoms with Crippen molar-refractivity contribution < 1.29 is 24.5 Å². The molecule has 0 bridgehead atoms. The molecule has 0 aliphatic rings. The summed E-state index contributed by atoms with van der Waals surface area (Å²) in [6.07, 6.45) is 56.5. The number of nitrogens with one attached hydrogen (secondary N) is 1. The van der Waals surface area contributed by atoms with E-state index in [-0.39, 0.29) is 18.5 Å². The van der Waals surface area contributed by atoms with Crippen LogP contribution in [0.15, 0.2) is 0 Å². The topological polar surface area (TPSA) is 95.9 Å². The van der Waals surface area contributed by atoms with E-state index >= 15 is 0 Å². The van der Waals surface area contributed by atoms with Gasteiger partial charge in [-0.25, -0.2) is 0 Å². The highest BCUT2D eigenvalue weighted by atomic mass is 16.5. The van der Waals surface area contributed by atoms with Gasteiger partial charge in [0.2, 0.25) is 5.91 Å². The van der Waals surface area contributed by atoms with Crippen LogP contribution in [0, 0.1) is 0 Å². The van der Waals surface area contributed by atoms with E-state index in [1.165, 1.54) is 218 Å². The third kappa shape index (κ3) is 46.4. The fraction of sp³-hybridized carbons (Fsp3) is 0.963. The minimum Gasteiger partial charge on any atom is -0.466 e. The van der Waals surface area contributed by atoms with E-state index in [0.29, 0.717) is 25.9 Å². The van der Waals surface area contributed by atoms with Crippen molar-refractivity contribution >= 4 is 11.9 Å². The lowest BCUT2D eigenvalue weighted by molar-refractivity contribution is -0.143. The van der Waals surface area contributed by atoms with E-state index in [4.69, 9.17) is 4.74 Å². The fourth-order valence-corrected chi connectivity index (χ4v) is 8.70. The lowest BCUT2D eigenvalue weighted by Gasteiger charge is -2.22. The van der Waals surface area contributed by atoms with Gasteiger partial charge < -0.3 is 20.3 Å². The summed E-state index contributed by atoms with van der Waals surface area (Å²) in [5.74, 6) is -0.0684. The second-order valence-electron chi connectivity index (χ2n) is 18.9. The normalized spacial score (nSPS) is 12.5. The second-order valence-corrected chi connectivity index (χ2v) is 18.9. The molecule has 0 aromatic carbocycles. The molecule has 0 aliphatic carbocycles. The molecule has 0 aromatic rings. The van der Waals surface area contributed by atoms with Crippen LogP contribution in [0.5, 0.6) is 0 Å². The van der Waals surface area contributed by atoms with Crippen LogP contribution >= 0.6 is 0 Å². The molecule has 358 valence electrons. The predicted octanol–water partition coefficient (Wildman–Crippen LogP) is 16.4. The van der Waals surface area contributed by atoms with Gasteiger partial charge in [-0.05, 0) is 25.7 Å². The molecule has 6 nitrogen and oxygen atoms in total. The molecule has 0 spiro atoms. The molecule has 0 rings (SSSR count). The van der Waals surface area contributed by atoms with Crippen molar-refractivity contribution in [1.29, 1.82) is 0 Å². The average molecular weight is 850 g/mol. The van der Waals surface area contributed by atoms with Crippen molar-refractivity contribution in [3.8, 4) is 0 Å². The number of carbonyl (C=O) groups is 2. The van der Waals surface area contributed by atoms with Crippen LogP contribution in [0.4, 0.5) is 0 Å². The number of hydrogen-bond donors (Lipinski definition) is 3. The first kappa shape index (κ1) is 58.9. The zero-order valence-electron chi connectivity index (χ0n) is 40.7. The highest BCUT2D eigenvalue weighted by Gasteiger charge is 2.20. The molecule has 0 radical (unpaired) electrons. The molecule has 0 heterocycles. The molecule has 1 amide bonds. The summed E-state index contributed by atoms with van der Waals surface area (Å²) in [5.41, 5.74) is 0. The van der Waals surface area contributed by atoms with Crippen LogP contribution in [0.2, 0.25) is 0 Å². The quantitative estimate of drug-likeness (QED) is 0.0418. The Labute approximate surface area is 375 Å². The van der Waals surface area contributed by atoms with Gasteiger partial charge in [0.25, 0.3) is 0 Å². The molecule has 3 N–H and O–H groups in total. The van der Waals surface area contributed by atoms with E-state index < -0.39 is 12.1 Å². The van der Waals surface area contributed by atoms with Gasteiger partial charge in [0.1, 0.15) is 0 Å². The summed E-state index contributed by atoms with van der Waals surface area (Å²) in [6, 6.07) is -0.556. The van der Waals surface area contributed by atoms with E-state index in [9.17, 15) is 19.8 Å². The molecule has 60 heavy (non-hydrogen) atoms. The standard InChI is InChI=1S/C54H107NO5/c1-3-5-7-9-11-13-15-17-19-21-23-25-27-32-36-40-44-48-54(59)60-49-45-41-37-33-29-28-31-35-39-43-47-53(58)55-51(50-56)52(57)46-42-38-34-30-26-24-22-20-18-16-14-12-10-8-6-4-2/h51-52,56-57H,3-50H2,1-2H3,(H,55,58). The molecule has 2 atom stereocenters. The third-order valence-electron chi connectivity index (χ3n) is 12.9. The van der Waals surface area contributed by atoms with Crippen molar-refractivity contribution in [2.45, 2.75) is 321 Å². The molecule has 0 saturated carbocycles. The predicted molar refractivity (Wildman–Crippen MR) is 260 cm³/mol. The summed E-state index contributed by atoms with van der Waals surface area (Å²) in [6.45, 7) is 4.93. The van der Waals surface area contributed by atoms with E-state index in [1.807, 2.05) is 0 Å². The van der Waals surface area contributed by atoms with Crippen molar-refractivity contribution in [2.24, 2.45) is 0 Å². The Kier molecular flexibility index (Phi) is 49.5. The number of ether oxygens (including phenoxy) is 1. The molecule has 0 saturated heterocycles. The van der Waals surface area contributed by atoms with Gasteiger partial charge in [-0.15, -0.1) is 0 Å². The van der Waals surface area contributed by atoms with Crippen molar-refractivity contribution in [3.05, 3.63) is 0 Å². The first-order valence-corrected chi connectivity index (χ1v) is 27.3. The Morgan fingerprint density at radius 2 is 0.683 bits per heavy atom. The SMILES string of the molecule is CCCCCCCCCCCCCCCCCCCC(=O)OCCCCCCCCCCCCC(=O)NC(CO)C(O)CCCCCCCCCCCCCCCCCC. The average Bonchev–Trinajstić information content (AvgIpc) is 3.25. The monoisotopic (exact) mass is 850 g/mol. The van der Waals surface area contributed by atoms with Crippen LogP contribution < -0.4 is 5.32 Å². The second kappa shape index (κ2) is 50.5. The number of esters is 1. The highest BCUT2D eigenvalue weighted by Crippen LogP contribution is 2.17. The van der Waals surface area contributed by atoms with Crippen LogP contribution in [0.25, 0.3) is 0 Å². The number of unbranched alkanes of at least 4 members (excludes halogenated alkanes) is 40. The summed E-state index contributed by atoms with van der Waals surface area (Å²) >= 11 is 0. The fourth-order valence-electron chi connectivity index (χ4n) is 8.70. The van der Waals surface area contributed by atoms with Crippen LogP contribution in [0.3, 0.4) is 0 Å². The largest absolute Gasteiger partial charge is 0.466 e. The number of carbonyl (C=O) groups excluding carboxylic acids is 2. The van der Waals surface area contributed by atoms with Crippen molar-refractivity contribution in [2.75, 3.05) is 13.2 Å². The van der Waals surface area contributed by atoms with Gasteiger partial charge in [0.15, 0.2) is 0 Å². The van der Waals surface area contributed by atoms with Crippen LogP contribution in [-0.2, 0) is 14.3 Å². The van der Waals surface area contributed by atoms with Crippen LogP contribution in [0.1, 0.15) is 309 Å². The number of hydrogen-bond acceptors (Lipinski definition) is 5. The lowest BCUT2D eigenvalue weighted by Crippen LogP contribution is -2.45. The van der Waals surface area contributed by atoms with E-state index in [0.717, 1.165) is 57.8 Å². The zero-order chi connectivity index (χ0) is 43.7. The molecule has 0 aromatic heterocycles. The van der Waals surface area contributed by atoms with E-state index in [2.05, 4.69) is 19.2 Å². The van der Waals surface area contributed by atoms with Gasteiger partial charge in [-0.3, -0.25) is 9.59 Å². The van der Waals surface area contributed by atoms with Gasteiger partial charge in [0, 0.05) is 12.8 Å². The first-order valence-electron chi connectivity index (χ1n) is 27.3. The summed E-state index contributed by atoms with van der Waals surface area (Å²) in [4.78, 5) is 24.5. The Balaban J connectivity index is 3.44. The Morgan fingerprint density at radius 3 is 1.02 bits per heavy atom. The molecule has 2 unspecified atom stereocenters. The lowest BCUT2D eigenvalue weighted by atomic mass is 10.0. The van der Waals surface area contributed by atoms with Gasteiger partial charge in [-0.2, -0.15) is 0 Å². The zero-order valence-corrected chi connectivity index (χ0v) is 40.7. The van der Waals surface area contributed by atoms with Gasteiger partial charge in [-0.1, -0.05) is 271 Å². The maximum absolute atomic E-state index is 12.5. The maximum atomic E-state index is 12.5. The van der Waals surface area contributed by atoms with Gasteiger partial charge in [0.05, 0.1) is 25.4 Å². The minimum atomic E-state index is -0.677. The Hall–Kier alpha value is -1.14. The van der Waals surface area contributed by atoms with E-state index in [1.54, 1.807) is 0 Å². The molecular weight excluding hydrogens is 743 g/mol. The third-order valence-corrected chi connectivity index (χ3v) is 12.9. The number of aliphatic hydroxyl groups is 2. The summed E-state index contributed by atoms with van der Waals surface area (Å²) in [5, 5.41) is 23.2. The first-order chi connectivity index (χ1) is 29.5. The molecule has 6 heteroatoms. The highest BCUT2D eigenvalue weighted by molar-refractivity contribution is 5.76. The number of amides is 1. The summed E-state index contributed by atoms with van der Waals surface area (Å²) in [7, 11) is 0. The number of rotatable bonds is 51. The smallest absolute Gasteiger partial charge is 0.305 e. The van der Waals surface area contributed by atoms with Crippen LogP contribution in [-0.4, -0.2) is 47.4 Å². The summed E-state index contributed by atoms with van der Waals surface area (Å²) < 4.78 is 5.47. The molecule has 0 fully saturated rings. The maximum Gasteiger partial charge on any atom is 0.305 e. The Bertz CT molecular complexity index is 852. The van der Waals surface area contributed by atoms with Crippen molar-refractivity contribution in [3.63, 3.8) is 0 Å². The van der Waals surface area contributed by atoms with Gasteiger partial charge >= 0.3 is 5.97 Å².